The van der Waals surface area contributed by atoms with E-state index in [4.69, 9.17) is 10.2 Å². The molecule has 0 amide bonds. The third kappa shape index (κ3) is 2.48. The van der Waals surface area contributed by atoms with Gasteiger partial charge in [0.25, 0.3) is 0 Å². The van der Waals surface area contributed by atoms with Crippen molar-refractivity contribution in [2.24, 2.45) is 5.73 Å². The predicted molar refractivity (Wildman–Crippen MR) is 71.5 cm³/mol. The summed E-state index contributed by atoms with van der Waals surface area (Å²) in [6.45, 7) is 6.10. The van der Waals surface area contributed by atoms with Crippen LogP contribution in [0, 0.1) is 6.92 Å². The second kappa shape index (κ2) is 5.40. The van der Waals surface area contributed by atoms with Gasteiger partial charge in [-0.15, -0.1) is 0 Å². The van der Waals surface area contributed by atoms with Crippen LogP contribution < -0.4 is 5.73 Å². The van der Waals surface area contributed by atoms with Gasteiger partial charge in [0, 0.05) is 24.9 Å². The van der Waals surface area contributed by atoms with Crippen molar-refractivity contribution in [1.82, 2.24) is 9.55 Å². The molecule has 0 fully saturated rings. The van der Waals surface area contributed by atoms with Gasteiger partial charge in [0.05, 0.1) is 0 Å². The third-order valence-electron chi connectivity index (χ3n) is 3.07. The van der Waals surface area contributed by atoms with Gasteiger partial charge < -0.3 is 14.7 Å². The minimum absolute atomic E-state index is 0.0164. The molecule has 2 atom stereocenters. The molecule has 0 bridgehead atoms. The molecule has 4 nitrogen and oxygen atoms in total. The maximum Gasteiger partial charge on any atom is 0.128 e. The maximum atomic E-state index is 6.13. The van der Waals surface area contributed by atoms with E-state index in [2.05, 4.69) is 16.5 Å². The Morgan fingerprint density at radius 1 is 1.44 bits per heavy atom. The van der Waals surface area contributed by atoms with Crippen molar-refractivity contribution in [1.29, 1.82) is 0 Å². The highest BCUT2D eigenvalue weighted by molar-refractivity contribution is 5.15. The lowest BCUT2D eigenvalue weighted by atomic mass is 10.1. The predicted octanol–water partition coefficient (Wildman–Crippen LogP) is 2.67. The number of hydrogen-bond donors (Lipinski definition) is 1. The summed E-state index contributed by atoms with van der Waals surface area (Å²) in [5.41, 5.74) is 6.13. The number of aromatic nitrogens is 2. The van der Waals surface area contributed by atoms with Gasteiger partial charge in [-0.05, 0) is 32.4 Å². The Morgan fingerprint density at radius 3 is 2.78 bits per heavy atom. The van der Waals surface area contributed by atoms with Gasteiger partial charge in [-0.2, -0.15) is 0 Å². The molecule has 0 aliphatic heterocycles. The lowest BCUT2D eigenvalue weighted by molar-refractivity contribution is 0.373. The van der Waals surface area contributed by atoms with E-state index in [1.54, 1.807) is 0 Å². The number of furan rings is 1. The molecule has 18 heavy (non-hydrogen) atoms. The molecule has 2 rings (SSSR count). The van der Waals surface area contributed by atoms with E-state index in [1.807, 2.05) is 38.4 Å². The van der Waals surface area contributed by atoms with E-state index >= 15 is 0 Å². The summed E-state index contributed by atoms with van der Waals surface area (Å²) in [4.78, 5) is 4.41. The van der Waals surface area contributed by atoms with E-state index in [-0.39, 0.29) is 12.1 Å². The van der Waals surface area contributed by atoms with Gasteiger partial charge in [-0.25, -0.2) is 4.98 Å². The first-order chi connectivity index (χ1) is 8.63. The first-order valence-corrected chi connectivity index (χ1v) is 6.47. The number of aryl methyl sites for hydroxylation is 2. The van der Waals surface area contributed by atoms with Gasteiger partial charge >= 0.3 is 0 Å². The van der Waals surface area contributed by atoms with E-state index in [1.165, 1.54) is 0 Å². The lowest BCUT2D eigenvalue weighted by Crippen LogP contribution is -2.30. The lowest BCUT2D eigenvalue weighted by Gasteiger charge is -2.22. The summed E-state index contributed by atoms with van der Waals surface area (Å²) >= 11 is 0. The molecular weight excluding hydrogens is 226 g/mol. The summed E-state index contributed by atoms with van der Waals surface area (Å²) in [6, 6.07) is 3.96. The fourth-order valence-electron chi connectivity index (χ4n) is 2.28. The van der Waals surface area contributed by atoms with Crippen LogP contribution in [0.4, 0.5) is 0 Å². The Balaban J connectivity index is 2.38. The first kappa shape index (κ1) is 12.9. The van der Waals surface area contributed by atoms with Crippen LogP contribution in [0.1, 0.15) is 43.7 Å². The normalized spacial score (nSPS) is 14.7. The highest BCUT2D eigenvalue weighted by Crippen LogP contribution is 2.25. The largest absolute Gasteiger partial charge is 0.464 e. The Bertz CT molecular complexity index is 499. The van der Waals surface area contributed by atoms with Gasteiger partial charge in [-0.3, -0.25) is 0 Å². The average molecular weight is 247 g/mol. The molecule has 0 aliphatic rings. The number of imidazole rings is 1. The zero-order valence-electron chi connectivity index (χ0n) is 11.3. The summed E-state index contributed by atoms with van der Waals surface area (Å²) in [5, 5.41) is 0. The van der Waals surface area contributed by atoms with Gasteiger partial charge in [-0.1, -0.05) is 6.92 Å². The van der Waals surface area contributed by atoms with Gasteiger partial charge in [0.15, 0.2) is 0 Å². The minimum atomic E-state index is -0.0274. The molecule has 2 N–H and O–H groups in total. The van der Waals surface area contributed by atoms with Crippen LogP contribution in [-0.4, -0.2) is 15.6 Å². The monoisotopic (exact) mass is 247 g/mol. The molecular formula is C14H21N3O. The molecule has 2 aromatic rings. The minimum Gasteiger partial charge on any atom is -0.464 e. The van der Waals surface area contributed by atoms with Crippen LogP contribution in [0.25, 0.3) is 0 Å². The zero-order chi connectivity index (χ0) is 13.1. The molecule has 0 spiro atoms. The maximum absolute atomic E-state index is 6.13. The topological polar surface area (TPSA) is 57.0 Å². The zero-order valence-corrected chi connectivity index (χ0v) is 11.3. The van der Waals surface area contributed by atoms with Crippen LogP contribution in [0.5, 0.6) is 0 Å². The van der Waals surface area contributed by atoms with Crippen LogP contribution in [0.15, 0.2) is 28.9 Å². The molecule has 0 saturated heterocycles. The van der Waals surface area contributed by atoms with Crippen LogP contribution in [-0.2, 0) is 6.42 Å². The molecule has 0 aliphatic carbocycles. The molecule has 4 heteroatoms. The fraction of sp³-hybridized carbons (Fsp3) is 0.500. The van der Waals surface area contributed by atoms with Gasteiger partial charge in [0.2, 0.25) is 0 Å². The highest BCUT2D eigenvalue weighted by Gasteiger charge is 2.23. The van der Waals surface area contributed by atoms with Crippen molar-refractivity contribution in [2.45, 2.75) is 45.7 Å². The SMILES string of the molecule is CCCc1nccn1C(c1ccc(C)o1)C(C)N. The van der Waals surface area contributed by atoms with Crippen molar-refractivity contribution in [3.05, 3.63) is 41.9 Å². The Morgan fingerprint density at radius 2 is 2.22 bits per heavy atom. The van der Waals surface area contributed by atoms with Gasteiger partial charge in [0.1, 0.15) is 23.4 Å². The Kier molecular flexibility index (Phi) is 3.87. The number of hydrogen-bond acceptors (Lipinski definition) is 3. The van der Waals surface area contributed by atoms with E-state index in [9.17, 15) is 0 Å². The van der Waals surface area contributed by atoms with Crippen molar-refractivity contribution in [3.8, 4) is 0 Å². The van der Waals surface area contributed by atoms with Crippen LogP contribution >= 0.6 is 0 Å². The number of nitrogens with two attached hydrogens (primary N) is 1. The summed E-state index contributed by atoms with van der Waals surface area (Å²) in [5.74, 6) is 2.87. The molecule has 98 valence electrons. The molecule has 0 radical (unpaired) electrons. The second-order valence-corrected chi connectivity index (χ2v) is 4.75. The Hall–Kier alpha value is -1.55. The van der Waals surface area contributed by atoms with Crippen molar-refractivity contribution in [2.75, 3.05) is 0 Å². The summed E-state index contributed by atoms with van der Waals surface area (Å²) < 4.78 is 7.87. The average Bonchev–Trinajstić information content (AvgIpc) is 2.90. The first-order valence-electron chi connectivity index (χ1n) is 6.47. The number of rotatable bonds is 5. The van der Waals surface area contributed by atoms with Crippen molar-refractivity contribution >= 4 is 0 Å². The van der Waals surface area contributed by atoms with E-state index in [0.717, 1.165) is 30.2 Å². The van der Waals surface area contributed by atoms with E-state index in [0.29, 0.717) is 0 Å². The van der Waals surface area contributed by atoms with Crippen molar-refractivity contribution in [3.63, 3.8) is 0 Å². The van der Waals surface area contributed by atoms with Crippen LogP contribution in [0.3, 0.4) is 0 Å². The van der Waals surface area contributed by atoms with Crippen LogP contribution in [0.2, 0.25) is 0 Å². The van der Waals surface area contributed by atoms with Crippen molar-refractivity contribution < 1.29 is 4.42 Å². The second-order valence-electron chi connectivity index (χ2n) is 4.75. The summed E-state index contributed by atoms with van der Waals surface area (Å²) in [7, 11) is 0. The highest BCUT2D eigenvalue weighted by atomic mass is 16.3. The fourth-order valence-corrected chi connectivity index (χ4v) is 2.28. The number of nitrogens with zero attached hydrogens (tertiary/aromatic N) is 2. The molecule has 2 aromatic heterocycles. The molecule has 2 heterocycles. The Labute approximate surface area is 108 Å². The smallest absolute Gasteiger partial charge is 0.128 e. The molecule has 0 saturated carbocycles. The summed E-state index contributed by atoms with van der Waals surface area (Å²) in [6.07, 6.45) is 5.84. The van der Waals surface area contributed by atoms with E-state index < -0.39 is 0 Å². The molecule has 0 aromatic carbocycles. The molecule has 2 unspecified atom stereocenters. The third-order valence-corrected chi connectivity index (χ3v) is 3.07. The quantitative estimate of drug-likeness (QED) is 0.883. The standard InChI is InChI=1S/C14H21N3O/c1-4-5-13-16-8-9-17(13)14(11(3)15)12-7-6-10(2)18-12/h6-9,11,14H,4-5,15H2,1-3H3.